The van der Waals surface area contributed by atoms with Gasteiger partial charge in [-0.05, 0) is 37.1 Å². The molecule has 0 atom stereocenters. The van der Waals surface area contributed by atoms with E-state index < -0.39 is 0 Å². The van der Waals surface area contributed by atoms with Crippen molar-refractivity contribution in [2.45, 2.75) is 31.6 Å². The smallest absolute Gasteiger partial charge is 0.297 e. The first kappa shape index (κ1) is 14.0. The third-order valence-electron chi connectivity index (χ3n) is 4.46. The molecule has 0 aliphatic heterocycles. The van der Waals surface area contributed by atoms with Crippen LogP contribution < -0.4 is 10.3 Å². The maximum atomic E-state index is 12.3. The second-order valence-corrected chi connectivity index (χ2v) is 5.87. The molecule has 0 bridgehead atoms. The van der Waals surface area contributed by atoms with Crippen molar-refractivity contribution in [3.8, 4) is 17.1 Å². The molecule has 0 spiro atoms. The lowest BCUT2D eigenvalue weighted by Crippen LogP contribution is -2.09. The van der Waals surface area contributed by atoms with E-state index in [0.29, 0.717) is 17.3 Å². The number of nitrogens with zero attached hydrogens (tertiary/aromatic N) is 2. The van der Waals surface area contributed by atoms with E-state index in [0.717, 1.165) is 29.8 Å². The SMILES string of the molecule is COc1ccc(-c2nc3c(C4CCCC4)noc3c(=O)[nH]2)cc1. The van der Waals surface area contributed by atoms with Gasteiger partial charge in [0, 0.05) is 11.5 Å². The van der Waals surface area contributed by atoms with E-state index in [1.165, 1.54) is 12.8 Å². The Bertz CT molecular complexity index is 890. The molecule has 6 heteroatoms. The number of methoxy groups -OCH3 is 1. The Morgan fingerprint density at radius 3 is 2.65 bits per heavy atom. The Balaban J connectivity index is 1.84. The van der Waals surface area contributed by atoms with Crippen LogP contribution in [0, 0.1) is 0 Å². The van der Waals surface area contributed by atoms with E-state index in [-0.39, 0.29) is 11.1 Å². The van der Waals surface area contributed by atoms with Crippen molar-refractivity contribution in [1.82, 2.24) is 15.1 Å². The van der Waals surface area contributed by atoms with Gasteiger partial charge in [0.1, 0.15) is 22.8 Å². The van der Waals surface area contributed by atoms with Gasteiger partial charge in [-0.2, -0.15) is 0 Å². The molecule has 6 nitrogen and oxygen atoms in total. The zero-order valence-corrected chi connectivity index (χ0v) is 12.8. The molecule has 1 aromatic carbocycles. The maximum absolute atomic E-state index is 12.3. The van der Waals surface area contributed by atoms with Crippen molar-refractivity contribution >= 4 is 11.1 Å². The van der Waals surface area contributed by atoms with Crippen LogP contribution in [0.3, 0.4) is 0 Å². The molecule has 4 rings (SSSR count). The van der Waals surface area contributed by atoms with E-state index in [1.54, 1.807) is 7.11 Å². The van der Waals surface area contributed by atoms with Gasteiger partial charge in [-0.15, -0.1) is 0 Å². The van der Waals surface area contributed by atoms with E-state index >= 15 is 0 Å². The predicted molar refractivity (Wildman–Crippen MR) is 85.6 cm³/mol. The van der Waals surface area contributed by atoms with Crippen molar-refractivity contribution in [3.63, 3.8) is 0 Å². The van der Waals surface area contributed by atoms with Crippen molar-refractivity contribution in [2.75, 3.05) is 7.11 Å². The Labute approximate surface area is 132 Å². The molecule has 1 aliphatic rings. The van der Waals surface area contributed by atoms with Crippen LogP contribution in [0.5, 0.6) is 5.75 Å². The lowest BCUT2D eigenvalue weighted by Gasteiger charge is -2.05. The summed E-state index contributed by atoms with van der Waals surface area (Å²) in [6.07, 6.45) is 4.53. The Morgan fingerprint density at radius 1 is 1.22 bits per heavy atom. The third kappa shape index (κ3) is 2.40. The zero-order chi connectivity index (χ0) is 15.8. The molecule has 0 radical (unpaired) electrons. The largest absolute Gasteiger partial charge is 0.497 e. The van der Waals surface area contributed by atoms with Crippen LogP contribution in [0.25, 0.3) is 22.5 Å². The summed E-state index contributed by atoms with van der Waals surface area (Å²) in [5, 5.41) is 4.12. The number of aromatic nitrogens is 3. The number of ether oxygens (including phenoxy) is 1. The van der Waals surface area contributed by atoms with Crippen molar-refractivity contribution in [2.24, 2.45) is 0 Å². The fourth-order valence-electron chi connectivity index (χ4n) is 3.21. The lowest BCUT2D eigenvalue weighted by molar-refractivity contribution is 0.415. The number of nitrogens with one attached hydrogen (secondary N) is 1. The van der Waals surface area contributed by atoms with Gasteiger partial charge in [0.05, 0.1) is 7.11 Å². The molecule has 3 aromatic rings. The molecule has 0 saturated heterocycles. The van der Waals surface area contributed by atoms with Gasteiger partial charge in [-0.3, -0.25) is 4.79 Å². The molecule has 1 fully saturated rings. The number of hydrogen-bond acceptors (Lipinski definition) is 5. The maximum Gasteiger partial charge on any atom is 0.297 e. The first-order valence-electron chi connectivity index (χ1n) is 7.80. The summed E-state index contributed by atoms with van der Waals surface area (Å²) in [7, 11) is 1.62. The highest BCUT2D eigenvalue weighted by molar-refractivity contribution is 5.76. The first-order valence-corrected chi connectivity index (χ1v) is 7.80. The molecule has 2 aromatic heterocycles. The molecule has 0 amide bonds. The summed E-state index contributed by atoms with van der Waals surface area (Å²) in [6, 6.07) is 7.41. The van der Waals surface area contributed by atoms with Crippen LogP contribution in [0.4, 0.5) is 0 Å². The Hall–Kier alpha value is -2.63. The predicted octanol–water partition coefficient (Wildman–Crippen LogP) is 3.24. The van der Waals surface area contributed by atoms with E-state index in [1.807, 2.05) is 24.3 Å². The van der Waals surface area contributed by atoms with Gasteiger partial charge < -0.3 is 14.2 Å². The van der Waals surface area contributed by atoms with Crippen LogP contribution in [0.15, 0.2) is 33.6 Å². The number of fused-ring (bicyclic) bond motifs is 1. The van der Waals surface area contributed by atoms with Gasteiger partial charge in [0.2, 0.25) is 5.58 Å². The molecule has 1 N–H and O–H groups in total. The summed E-state index contributed by atoms with van der Waals surface area (Å²) >= 11 is 0. The molecule has 118 valence electrons. The second kappa shape index (κ2) is 5.53. The average molecular weight is 311 g/mol. The van der Waals surface area contributed by atoms with Crippen LogP contribution >= 0.6 is 0 Å². The monoisotopic (exact) mass is 311 g/mol. The molecule has 23 heavy (non-hydrogen) atoms. The van der Waals surface area contributed by atoms with Crippen molar-refractivity contribution in [3.05, 3.63) is 40.3 Å². The lowest BCUT2D eigenvalue weighted by atomic mass is 10.0. The molecular weight excluding hydrogens is 294 g/mol. The van der Waals surface area contributed by atoms with Crippen LogP contribution in [-0.4, -0.2) is 22.2 Å². The molecule has 1 aliphatic carbocycles. The van der Waals surface area contributed by atoms with Crippen molar-refractivity contribution < 1.29 is 9.26 Å². The molecule has 0 unspecified atom stereocenters. The Kier molecular flexibility index (Phi) is 3.37. The molecule has 2 heterocycles. The molecule has 1 saturated carbocycles. The van der Waals surface area contributed by atoms with Crippen molar-refractivity contribution in [1.29, 1.82) is 0 Å². The van der Waals surface area contributed by atoms with Crippen LogP contribution in [0.2, 0.25) is 0 Å². The number of benzene rings is 1. The second-order valence-electron chi connectivity index (χ2n) is 5.87. The van der Waals surface area contributed by atoms with Gasteiger partial charge in [0.25, 0.3) is 5.56 Å². The fraction of sp³-hybridized carbons (Fsp3) is 0.353. The fourth-order valence-corrected chi connectivity index (χ4v) is 3.21. The minimum Gasteiger partial charge on any atom is -0.497 e. The third-order valence-corrected chi connectivity index (χ3v) is 4.46. The summed E-state index contributed by atoms with van der Waals surface area (Å²) in [5.41, 5.74) is 2.15. The van der Waals surface area contributed by atoms with Crippen LogP contribution in [0.1, 0.15) is 37.3 Å². The quantitative estimate of drug-likeness (QED) is 0.803. The first-order chi connectivity index (χ1) is 11.3. The van der Waals surface area contributed by atoms with E-state index in [4.69, 9.17) is 9.26 Å². The van der Waals surface area contributed by atoms with Gasteiger partial charge >= 0.3 is 0 Å². The van der Waals surface area contributed by atoms with Gasteiger partial charge in [-0.25, -0.2) is 4.98 Å². The Morgan fingerprint density at radius 2 is 1.96 bits per heavy atom. The standard InChI is InChI=1S/C17H17N3O3/c1-22-12-8-6-11(7-9-12)16-18-14-13(10-4-2-3-5-10)20-23-15(14)17(21)19-16/h6-10H,2-5H2,1H3,(H,18,19,21). The number of hydrogen-bond donors (Lipinski definition) is 1. The molecular formula is C17H17N3O3. The highest BCUT2D eigenvalue weighted by Gasteiger charge is 2.25. The summed E-state index contributed by atoms with van der Waals surface area (Å²) in [5.74, 6) is 1.62. The number of H-pyrrole nitrogens is 1. The highest BCUT2D eigenvalue weighted by Crippen LogP contribution is 2.36. The highest BCUT2D eigenvalue weighted by atomic mass is 16.5. The summed E-state index contributed by atoms with van der Waals surface area (Å²) in [6.45, 7) is 0. The summed E-state index contributed by atoms with van der Waals surface area (Å²) < 4.78 is 10.4. The van der Waals surface area contributed by atoms with Gasteiger partial charge in [-0.1, -0.05) is 18.0 Å². The van der Waals surface area contributed by atoms with Gasteiger partial charge in [0.15, 0.2) is 0 Å². The zero-order valence-electron chi connectivity index (χ0n) is 12.8. The van der Waals surface area contributed by atoms with E-state index in [9.17, 15) is 4.79 Å². The summed E-state index contributed by atoms with van der Waals surface area (Å²) in [4.78, 5) is 19.7. The number of rotatable bonds is 3. The topological polar surface area (TPSA) is 81.0 Å². The van der Waals surface area contributed by atoms with Crippen LogP contribution in [-0.2, 0) is 0 Å². The van der Waals surface area contributed by atoms with E-state index in [2.05, 4.69) is 15.1 Å². The minimum absolute atomic E-state index is 0.212. The number of aromatic amines is 1. The normalized spacial score (nSPS) is 15.3. The average Bonchev–Trinajstić information content (AvgIpc) is 3.24. The minimum atomic E-state index is -0.294.